The third-order valence-corrected chi connectivity index (χ3v) is 5.05. The molecule has 3 aliphatic carbocycles. The minimum atomic E-state index is -0.599. The van der Waals surface area contributed by atoms with Gasteiger partial charge in [-0.25, -0.2) is 9.59 Å². The van der Waals surface area contributed by atoms with Crippen LogP contribution >= 0.6 is 0 Å². The molecule has 5 heteroatoms. The van der Waals surface area contributed by atoms with E-state index in [-0.39, 0.29) is 11.4 Å². The number of hydrogen-bond acceptors (Lipinski definition) is 4. The van der Waals surface area contributed by atoms with Crippen molar-refractivity contribution < 1.29 is 19.1 Å². The highest BCUT2D eigenvalue weighted by Crippen LogP contribution is 2.77. The molecule has 0 aromatic heterocycles. The van der Waals surface area contributed by atoms with Crippen molar-refractivity contribution >= 4 is 12.1 Å². The van der Waals surface area contributed by atoms with Crippen LogP contribution in [-0.4, -0.2) is 30.8 Å². The molecule has 1 unspecified atom stereocenters. The monoisotopic (exact) mass is 297 g/mol. The number of esters is 1. The topological polar surface area (TPSA) is 64.6 Å². The first-order valence-corrected chi connectivity index (χ1v) is 7.61. The van der Waals surface area contributed by atoms with Gasteiger partial charge in [0.1, 0.15) is 11.6 Å². The molecular weight excluding hydrogens is 270 g/mol. The van der Waals surface area contributed by atoms with Crippen molar-refractivity contribution in [1.29, 1.82) is 0 Å². The van der Waals surface area contributed by atoms with Gasteiger partial charge in [-0.3, -0.25) is 0 Å². The number of rotatable bonds is 4. The molecule has 1 N–H and O–H groups in total. The third-order valence-electron chi connectivity index (χ3n) is 5.05. The zero-order valence-corrected chi connectivity index (χ0v) is 13.9. The molecule has 120 valence electrons. The summed E-state index contributed by atoms with van der Waals surface area (Å²) in [6, 6.07) is -0.599. The lowest BCUT2D eigenvalue weighted by Gasteiger charge is -2.74. The van der Waals surface area contributed by atoms with Crippen LogP contribution in [0.3, 0.4) is 0 Å². The molecule has 0 heterocycles. The SMILES string of the molecule is COC(=O)C(NC(=O)OC(C)(C)C)C12CC(C(C)C)(C1)C2. The third kappa shape index (κ3) is 2.74. The second-order valence-corrected chi connectivity index (χ2v) is 8.01. The summed E-state index contributed by atoms with van der Waals surface area (Å²) in [7, 11) is 1.36. The second kappa shape index (κ2) is 4.89. The zero-order valence-electron chi connectivity index (χ0n) is 13.9. The normalized spacial score (nSPS) is 31.8. The van der Waals surface area contributed by atoms with E-state index in [0.29, 0.717) is 11.3 Å². The average Bonchev–Trinajstić information content (AvgIpc) is 2.19. The van der Waals surface area contributed by atoms with Crippen molar-refractivity contribution in [2.45, 2.75) is 65.5 Å². The Hall–Kier alpha value is -1.26. The van der Waals surface area contributed by atoms with E-state index < -0.39 is 17.7 Å². The fraction of sp³-hybridized carbons (Fsp3) is 0.875. The van der Waals surface area contributed by atoms with Gasteiger partial charge >= 0.3 is 12.1 Å². The smallest absolute Gasteiger partial charge is 0.408 e. The average molecular weight is 297 g/mol. The van der Waals surface area contributed by atoms with Gasteiger partial charge in [-0.1, -0.05) is 13.8 Å². The Bertz CT molecular complexity index is 430. The lowest BCUT2D eigenvalue weighted by atomic mass is 9.30. The molecule has 2 bridgehead atoms. The first-order valence-electron chi connectivity index (χ1n) is 7.61. The minimum absolute atomic E-state index is 0.131. The van der Waals surface area contributed by atoms with Crippen LogP contribution in [-0.2, 0) is 14.3 Å². The summed E-state index contributed by atoms with van der Waals surface area (Å²) in [4.78, 5) is 24.0. The van der Waals surface area contributed by atoms with Crippen LogP contribution in [0, 0.1) is 16.7 Å². The molecule has 0 radical (unpaired) electrons. The molecule has 0 spiro atoms. The van der Waals surface area contributed by atoms with Crippen molar-refractivity contribution in [3.05, 3.63) is 0 Å². The van der Waals surface area contributed by atoms with Crippen LogP contribution in [0.2, 0.25) is 0 Å². The summed E-state index contributed by atoms with van der Waals surface area (Å²) >= 11 is 0. The van der Waals surface area contributed by atoms with E-state index in [1.54, 1.807) is 20.8 Å². The fourth-order valence-corrected chi connectivity index (χ4v) is 3.87. The van der Waals surface area contributed by atoms with Gasteiger partial charge in [0.2, 0.25) is 0 Å². The lowest BCUT2D eigenvalue weighted by Crippen LogP contribution is -2.73. The maximum Gasteiger partial charge on any atom is 0.408 e. The molecule has 0 aliphatic heterocycles. The number of hydrogen-bond donors (Lipinski definition) is 1. The molecule has 3 fully saturated rings. The van der Waals surface area contributed by atoms with E-state index in [1.165, 1.54) is 7.11 Å². The van der Waals surface area contributed by atoms with Crippen molar-refractivity contribution in [2.75, 3.05) is 7.11 Å². The molecule has 3 rings (SSSR count). The van der Waals surface area contributed by atoms with Gasteiger partial charge in [0, 0.05) is 5.41 Å². The number of nitrogens with one attached hydrogen (secondary N) is 1. The van der Waals surface area contributed by atoms with Crippen LogP contribution in [0.1, 0.15) is 53.9 Å². The Morgan fingerprint density at radius 3 is 2.00 bits per heavy atom. The Balaban J connectivity index is 2.02. The largest absolute Gasteiger partial charge is 0.467 e. The summed E-state index contributed by atoms with van der Waals surface area (Å²) in [5, 5.41) is 2.73. The number of carbonyl (C=O) groups is 2. The highest BCUT2D eigenvalue weighted by atomic mass is 16.6. The molecule has 5 nitrogen and oxygen atoms in total. The van der Waals surface area contributed by atoms with Crippen LogP contribution < -0.4 is 5.32 Å². The van der Waals surface area contributed by atoms with Crippen molar-refractivity contribution in [2.24, 2.45) is 16.7 Å². The summed E-state index contributed by atoms with van der Waals surface area (Å²) in [6.45, 7) is 9.84. The Morgan fingerprint density at radius 1 is 1.10 bits per heavy atom. The van der Waals surface area contributed by atoms with E-state index in [9.17, 15) is 9.59 Å². The predicted molar refractivity (Wildman–Crippen MR) is 78.7 cm³/mol. The highest BCUT2D eigenvalue weighted by Gasteiger charge is 2.72. The predicted octanol–water partition coefficient (Wildman–Crippen LogP) is 2.88. The number of alkyl carbamates (subject to hydrolysis) is 1. The zero-order chi connectivity index (χ0) is 16.1. The molecule has 3 aliphatic rings. The van der Waals surface area contributed by atoms with Gasteiger partial charge in [0.25, 0.3) is 0 Å². The van der Waals surface area contributed by atoms with Crippen molar-refractivity contribution in [3.63, 3.8) is 0 Å². The summed E-state index contributed by atoms with van der Waals surface area (Å²) in [5.74, 6) is 0.233. The first-order chi connectivity index (χ1) is 9.54. The van der Waals surface area contributed by atoms with Gasteiger partial charge in [0.05, 0.1) is 7.11 Å². The van der Waals surface area contributed by atoms with Crippen LogP contribution in [0.15, 0.2) is 0 Å². The van der Waals surface area contributed by atoms with Gasteiger partial charge in [-0.15, -0.1) is 0 Å². The molecule has 0 aromatic carbocycles. The maximum atomic E-state index is 12.1. The fourth-order valence-electron chi connectivity index (χ4n) is 3.87. The quantitative estimate of drug-likeness (QED) is 0.810. The Labute approximate surface area is 126 Å². The highest BCUT2D eigenvalue weighted by molar-refractivity contribution is 5.83. The van der Waals surface area contributed by atoms with Crippen LogP contribution in [0.25, 0.3) is 0 Å². The Morgan fingerprint density at radius 2 is 1.62 bits per heavy atom. The molecule has 0 aromatic rings. The molecule has 21 heavy (non-hydrogen) atoms. The summed E-state index contributed by atoms with van der Waals surface area (Å²) < 4.78 is 10.1. The molecular formula is C16H27NO4. The lowest BCUT2D eigenvalue weighted by molar-refractivity contribution is -0.246. The standard InChI is InChI=1S/C16H27NO4/c1-10(2)15-7-16(8-15,9-15)11(12(18)20-6)17-13(19)21-14(3,4)5/h10-11H,7-9H2,1-6H3,(H,17,19). The molecule has 1 atom stereocenters. The van der Waals surface area contributed by atoms with Crippen LogP contribution in [0.4, 0.5) is 4.79 Å². The van der Waals surface area contributed by atoms with Crippen molar-refractivity contribution in [3.8, 4) is 0 Å². The van der Waals surface area contributed by atoms with Gasteiger partial charge < -0.3 is 14.8 Å². The van der Waals surface area contributed by atoms with Gasteiger partial charge in [-0.2, -0.15) is 0 Å². The van der Waals surface area contributed by atoms with E-state index in [0.717, 1.165) is 19.3 Å². The summed E-state index contributed by atoms with van der Waals surface area (Å²) in [5.41, 5.74) is -0.348. The Kier molecular flexibility index (Phi) is 3.75. The maximum absolute atomic E-state index is 12.1. The van der Waals surface area contributed by atoms with Crippen molar-refractivity contribution in [1.82, 2.24) is 5.32 Å². The first kappa shape index (κ1) is 16.1. The van der Waals surface area contributed by atoms with E-state index in [1.807, 2.05) is 0 Å². The number of carbonyl (C=O) groups excluding carboxylic acids is 2. The molecule has 0 saturated heterocycles. The van der Waals surface area contributed by atoms with Gasteiger partial charge in [-0.05, 0) is 51.4 Å². The number of ether oxygens (including phenoxy) is 2. The summed E-state index contributed by atoms with van der Waals surface area (Å²) in [6.07, 6.45) is 2.38. The number of methoxy groups -OCH3 is 1. The van der Waals surface area contributed by atoms with E-state index in [4.69, 9.17) is 9.47 Å². The second-order valence-electron chi connectivity index (χ2n) is 8.01. The van der Waals surface area contributed by atoms with Gasteiger partial charge in [0.15, 0.2) is 0 Å². The molecule has 3 saturated carbocycles. The van der Waals surface area contributed by atoms with E-state index in [2.05, 4.69) is 19.2 Å². The molecule has 1 amide bonds. The van der Waals surface area contributed by atoms with E-state index >= 15 is 0 Å². The van der Waals surface area contributed by atoms with Crippen LogP contribution in [0.5, 0.6) is 0 Å². The number of amides is 1. The minimum Gasteiger partial charge on any atom is -0.467 e.